The van der Waals surface area contributed by atoms with Crippen LogP contribution in [0.25, 0.3) is 0 Å². The molecule has 1 atom stereocenters. The molecule has 1 fully saturated rings. The summed E-state index contributed by atoms with van der Waals surface area (Å²) in [4.78, 5) is 2.41. The van der Waals surface area contributed by atoms with E-state index in [1.807, 2.05) is 0 Å². The van der Waals surface area contributed by atoms with Gasteiger partial charge in [0.2, 0.25) is 0 Å². The Balaban J connectivity index is 2.22. The van der Waals surface area contributed by atoms with E-state index in [1.165, 1.54) is 12.8 Å². The first-order chi connectivity index (χ1) is 5.77. The van der Waals surface area contributed by atoms with Gasteiger partial charge in [-0.15, -0.1) is 0 Å². The third kappa shape index (κ3) is 3.42. The van der Waals surface area contributed by atoms with E-state index < -0.39 is 0 Å². The van der Waals surface area contributed by atoms with Gasteiger partial charge in [-0.2, -0.15) is 0 Å². The molecule has 1 rings (SSSR count). The number of alkyl halides is 1. The molecule has 2 nitrogen and oxygen atoms in total. The topological polar surface area (TPSA) is 23.5 Å². The molecule has 0 saturated heterocycles. The van der Waals surface area contributed by atoms with Crippen molar-refractivity contribution in [3.05, 3.63) is 0 Å². The highest BCUT2D eigenvalue weighted by atomic mass is 79.9. The summed E-state index contributed by atoms with van der Waals surface area (Å²) in [5.41, 5.74) is 0. The number of hydrogen-bond donors (Lipinski definition) is 1. The van der Waals surface area contributed by atoms with Crippen LogP contribution in [-0.2, 0) is 0 Å². The van der Waals surface area contributed by atoms with E-state index >= 15 is 0 Å². The molecule has 0 aromatic heterocycles. The second kappa shape index (κ2) is 5.20. The molecule has 1 N–H and O–H groups in total. The van der Waals surface area contributed by atoms with Gasteiger partial charge < -0.3 is 5.11 Å². The third-order valence-electron chi connectivity index (χ3n) is 2.26. The predicted molar refractivity (Wildman–Crippen MR) is 54.6 cm³/mol. The number of nitrogens with zero attached hydrogens (tertiary/aromatic N) is 1. The van der Waals surface area contributed by atoms with Crippen molar-refractivity contribution in [2.75, 3.05) is 25.0 Å². The van der Waals surface area contributed by atoms with Crippen molar-refractivity contribution in [1.82, 2.24) is 4.90 Å². The molecule has 0 aromatic rings. The molecule has 1 unspecified atom stereocenters. The van der Waals surface area contributed by atoms with Crippen LogP contribution in [0.15, 0.2) is 0 Å². The van der Waals surface area contributed by atoms with E-state index in [2.05, 4.69) is 27.8 Å². The Morgan fingerprint density at radius 1 is 1.58 bits per heavy atom. The Kier molecular flexibility index (Phi) is 4.54. The Morgan fingerprint density at radius 3 is 2.67 bits per heavy atom. The average molecular weight is 236 g/mol. The summed E-state index contributed by atoms with van der Waals surface area (Å²) in [6.07, 6.45) is 2.66. The fraction of sp³-hybridized carbons (Fsp3) is 1.00. The van der Waals surface area contributed by atoms with E-state index in [9.17, 15) is 0 Å². The van der Waals surface area contributed by atoms with Crippen molar-refractivity contribution >= 4 is 15.9 Å². The molecule has 0 aromatic carbocycles. The highest BCUT2D eigenvalue weighted by Gasteiger charge is 2.28. The van der Waals surface area contributed by atoms with Gasteiger partial charge in [-0.25, -0.2) is 0 Å². The van der Waals surface area contributed by atoms with Crippen LogP contribution in [0, 0.1) is 5.92 Å². The van der Waals surface area contributed by atoms with Crippen LogP contribution in [0.1, 0.15) is 19.8 Å². The van der Waals surface area contributed by atoms with Gasteiger partial charge in [0.05, 0.1) is 6.61 Å². The standard InChI is InChI=1S/C9H18BrNO/c1-8(6-10)7-11(4-5-12)9-2-3-9/h8-9,12H,2-7H2,1H3. The van der Waals surface area contributed by atoms with Gasteiger partial charge >= 0.3 is 0 Å². The monoisotopic (exact) mass is 235 g/mol. The fourth-order valence-corrected chi connectivity index (χ4v) is 1.64. The number of halogens is 1. The summed E-state index contributed by atoms with van der Waals surface area (Å²) in [7, 11) is 0. The van der Waals surface area contributed by atoms with E-state index in [0.29, 0.717) is 12.5 Å². The molecule has 0 heterocycles. The lowest BCUT2D eigenvalue weighted by atomic mass is 10.2. The zero-order chi connectivity index (χ0) is 8.97. The van der Waals surface area contributed by atoms with E-state index in [-0.39, 0.29) is 0 Å². The summed E-state index contributed by atoms with van der Waals surface area (Å²) in [5, 5.41) is 9.90. The van der Waals surface area contributed by atoms with E-state index in [4.69, 9.17) is 5.11 Å². The Bertz CT molecular complexity index is 128. The molecule has 0 aliphatic heterocycles. The average Bonchev–Trinajstić information content (AvgIpc) is 2.86. The first-order valence-corrected chi connectivity index (χ1v) is 5.81. The van der Waals surface area contributed by atoms with Crippen molar-refractivity contribution in [3.63, 3.8) is 0 Å². The smallest absolute Gasteiger partial charge is 0.0558 e. The maximum absolute atomic E-state index is 8.85. The fourth-order valence-electron chi connectivity index (χ4n) is 1.44. The van der Waals surface area contributed by atoms with Crippen molar-refractivity contribution in [2.24, 2.45) is 5.92 Å². The maximum Gasteiger partial charge on any atom is 0.0558 e. The molecule has 1 saturated carbocycles. The summed E-state index contributed by atoms with van der Waals surface area (Å²) in [6.45, 7) is 4.51. The Hall–Kier alpha value is 0.400. The van der Waals surface area contributed by atoms with Crippen LogP contribution in [-0.4, -0.2) is 41.1 Å². The van der Waals surface area contributed by atoms with Crippen molar-refractivity contribution in [2.45, 2.75) is 25.8 Å². The molecular weight excluding hydrogens is 218 g/mol. The molecule has 0 amide bonds. The zero-order valence-electron chi connectivity index (χ0n) is 7.67. The quantitative estimate of drug-likeness (QED) is 0.706. The molecule has 72 valence electrons. The van der Waals surface area contributed by atoms with Gasteiger partial charge in [0.15, 0.2) is 0 Å². The third-order valence-corrected chi connectivity index (χ3v) is 3.37. The van der Waals surface area contributed by atoms with Gasteiger partial charge in [-0.3, -0.25) is 4.90 Å². The number of hydrogen-bond acceptors (Lipinski definition) is 2. The van der Waals surface area contributed by atoms with Gasteiger partial charge in [-0.05, 0) is 18.8 Å². The maximum atomic E-state index is 8.85. The van der Waals surface area contributed by atoms with Gasteiger partial charge in [-0.1, -0.05) is 22.9 Å². The minimum Gasteiger partial charge on any atom is -0.395 e. The SMILES string of the molecule is CC(CBr)CN(CCO)C1CC1. The van der Waals surface area contributed by atoms with Crippen molar-refractivity contribution in [1.29, 1.82) is 0 Å². The lowest BCUT2D eigenvalue weighted by Crippen LogP contribution is -2.33. The van der Waals surface area contributed by atoms with Crippen LogP contribution in [0.5, 0.6) is 0 Å². The second-order valence-electron chi connectivity index (χ2n) is 3.71. The molecular formula is C9H18BrNO. The molecule has 3 heteroatoms. The predicted octanol–water partition coefficient (Wildman–Crippen LogP) is 1.47. The second-order valence-corrected chi connectivity index (χ2v) is 4.36. The lowest BCUT2D eigenvalue weighted by Gasteiger charge is -2.23. The van der Waals surface area contributed by atoms with Crippen LogP contribution in [0.4, 0.5) is 0 Å². The summed E-state index contributed by atoms with van der Waals surface area (Å²) >= 11 is 3.47. The van der Waals surface area contributed by atoms with Gasteiger partial charge in [0.1, 0.15) is 0 Å². The number of rotatable bonds is 6. The first kappa shape index (κ1) is 10.5. The van der Waals surface area contributed by atoms with Gasteiger partial charge in [0.25, 0.3) is 0 Å². The van der Waals surface area contributed by atoms with Gasteiger partial charge in [0, 0.05) is 24.5 Å². The van der Waals surface area contributed by atoms with E-state index in [0.717, 1.165) is 24.5 Å². The lowest BCUT2D eigenvalue weighted by molar-refractivity contribution is 0.176. The number of aliphatic hydroxyl groups is 1. The largest absolute Gasteiger partial charge is 0.395 e. The van der Waals surface area contributed by atoms with Crippen LogP contribution < -0.4 is 0 Å². The first-order valence-electron chi connectivity index (χ1n) is 4.68. The van der Waals surface area contributed by atoms with Crippen LogP contribution in [0.2, 0.25) is 0 Å². The van der Waals surface area contributed by atoms with Crippen LogP contribution in [0.3, 0.4) is 0 Å². The Morgan fingerprint density at radius 2 is 2.25 bits per heavy atom. The molecule has 0 radical (unpaired) electrons. The van der Waals surface area contributed by atoms with Crippen molar-refractivity contribution < 1.29 is 5.11 Å². The minimum atomic E-state index is 0.297. The molecule has 0 spiro atoms. The van der Waals surface area contributed by atoms with Crippen LogP contribution >= 0.6 is 15.9 Å². The van der Waals surface area contributed by atoms with Crippen molar-refractivity contribution in [3.8, 4) is 0 Å². The molecule has 0 bridgehead atoms. The minimum absolute atomic E-state index is 0.297. The zero-order valence-corrected chi connectivity index (χ0v) is 9.26. The number of aliphatic hydroxyl groups excluding tert-OH is 1. The summed E-state index contributed by atoms with van der Waals surface area (Å²) < 4.78 is 0. The highest BCUT2D eigenvalue weighted by molar-refractivity contribution is 9.09. The summed E-state index contributed by atoms with van der Waals surface area (Å²) in [5.74, 6) is 0.692. The molecule has 1 aliphatic rings. The van der Waals surface area contributed by atoms with E-state index in [1.54, 1.807) is 0 Å². The normalized spacial score (nSPS) is 20.0. The summed E-state index contributed by atoms with van der Waals surface area (Å²) in [6, 6.07) is 0.777. The molecule has 12 heavy (non-hydrogen) atoms. The highest BCUT2D eigenvalue weighted by Crippen LogP contribution is 2.27. The Labute approximate surface area is 83.1 Å². The molecule has 1 aliphatic carbocycles.